The number of pyridine rings is 1. The van der Waals surface area contributed by atoms with E-state index >= 15 is 0 Å². The van der Waals surface area contributed by atoms with Crippen molar-refractivity contribution in [1.29, 1.82) is 0 Å². The first kappa shape index (κ1) is 31.3. The van der Waals surface area contributed by atoms with E-state index in [4.69, 9.17) is 9.82 Å². The first-order valence-corrected chi connectivity index (χ1v) is 15.6. The Morgan fingerprint density at radius 2 is 1.64 bits per heavy atom. The Bertz CT molecular complexity index is 1610. The molecule has 2 aromatic heterocycles. The number of aromatic nitrogens is 3. The molecule has 1 amide bonds. The zero-order valence-electron chi connectivity index (χ0n) is 26.2. The van der Waals surface area contributed by atoms with E-state index in [1.165, 1.54) is 23.5 Å². The third-order valence-corrected chi connectivity index (χ3v) is 8.36. The van der Waals surface area contributed by atoms with Crippen LogP contribution in [0.25, 0.3) is 16.7 Å². The number of nitrogens with zero attached hydrogens (tertiary/aromatic N) is 5. The van der Waals surface area contributed by atoms with Crippen LogP contribution in [0.5, 0.6) is 0 Å². The summed E-state index contributed by atoms with van der Waals surface area (Å²) in [5.74, 6) is -0.243. The molecule has 1 fully saturated rings. The number of hydrogen-bond acceptors (Lipinski definition) is 8. The average Bonchev–Trinajstić information content (AvgIpc) is 3.06. The van der Waals surface area contributed by atoms with Gasteiger partial charge in [0, 0.05) is 56.5 Å². The predicted octanol–water partition coefficient (Wildman–Crippen LogP) is 4.73. The van der Waals surface area contributed by atoms with Gasteiger partial charge in [-0.25, -0.2) is 10.5 Å². The van der Waals surface area contributed by atoms with Crippen LogP contribution in [-0.2, 0) is 17.7 Å². The van der Waals surface area contributed by atoms with E-state index in [0.717, 1.165) is 69.8 Å². The lowest BCUT2D eigenvalue weighted by atomic mass is 10.1. The van der Waals surface area contributed by atoms with Gasteiger partial charge in [-0.3, -0.25) is 14.4 Å². The molecule has 10 nitrogen and oxygen atoms in total. The van der Waals surface area contributed by atoms with E-state index in [1.807, 2.05) is 50.2 Å². The minimum Gasteiger partial charge on any atom is -0.324 e. The highest BCUT2D eigenvalue weighted by molar-refractivity contribution is 5.96. The number of hydrogen-bond donors (Lipinski definition) is 2. The van der Waals surface area contributed by atoms with Crippen LogP contribution >= 0.6 is 0 Å². The number of amides is 1. The summed E-state index contributed by atoms with van der Waals surface area (Å²) in [6.45, 7) is 11.6. The van der Waals surface area contributed by atoms with Crippen LogP contribution in [0.2, 0.25) is 0 Å². The predicted molar refractivity (Wildman–Crippen MR) is 175 cm³/mol. The summed E-state index contributed by atoms with van der Waals surface area (Å²) in [7, 11) is 2.17. The van der Waals surface area contributed by atoms with Gasteiger partial charge >= 0.3 is 0 Å². The third-order valence-electron chi connectivity index (χ3n) is 8.36. The van der Waals surface area contributed by atoms with Crippen LogP contribution < -0.4 is 16.2 Å². The van der Waals surface area contributed by atoms with Crippen LogP contribution in [0.3, 0.4) is 0 Å². The molecule has 0 aliphatic carbocycles. The molecule has 4 aromatic rings. The fraction of sp³-hybridized carbons (Fsp3) is 0.412. The first-order valence-electron chi connectivity index (χ1n) is 15.6. The number of carbonyl (C=O) groups is 1. The molecule has 2 N–H and O–H groups in total. The maximum absolute atomic E-state index is 13.5. The molecule has 5 rings (SSSR count). The van der Waals surface area contributed by atoms with Crippen LogP contribution in [-0.4, -0.2) is 76.1 Å². The smallest absolute Gasteiger partial charge is 0.280 e. The van der Waals surface area contributed by atoms with Crippen LogP contribution in [0.1, 0.15) is 55.1 Å². The van der Waals surface area contributed by atoms with Crippen molar-refractivity contribution in [2.75, 3.05) is 45.1 Å². The van der Waals surface area contributed by atoms with Gasteiger partial charge < -0.3 is 19.7 Å². The van der Waals surface area contributed by atoms with Crippen molar-refractivity contribution in [3.05, 3.63) is 87.8 Å². The minimum absolute atomic E-state index is 0.0421. The molecule has 0 spiro atoms. The lowest BCUT2D eigenvalue weighted by molar-refractivity contribution is -0.0189. The fourth-order valence-electron chi connectivity index (χ4n) is 5.31. The molecule has 2 aromatic carbocycles. The lowest BCUT2D eigenvalue weighted by Gasteiger charge is -2.32. The standard InChI is InChI=1S/C34H43N7O3/c1-5-24-10-14-27(15-11-24)41-23-30(33(43)38-44-28(6-2)7-3)31(42)29-22-35-34(37-32(29)41)36-26-12-8-25(9-13-26)16-17-40-20-18-39(4)19-21-40/h8-15,22-23,28H,5-7,16-21H2,1-4H3,(H,38,43)(H,35,36,37). The van der Waals surface area contributed by atoms with Gasteiger partial charge in [0.05, 0.1) is 11.5 Å². The van der Waals surface area contributed by atoms with Crippen molar-refractivity contribution in [1.82, 2.24) is 29.8 Å². The van der Waals surface area contributed by atoms with Crippen molar-refractivity contribution < 1.29 is 9.63 Å². The minimum atomic E-state index is -0.599. The zero-order valence-corrected chi connectivity index (χ0v) is 26.2. The van der Waals surface area contributed by atoms with Crippen LogP contribution in [0, 0.1) is 0 Å². The second-order valence-electron chi connectivity index (χ2n) is 11.4. The van der Waals surface area contributed by atoms with E-state index in [-0.39, 0.29) is 17.1 Å². The number of likely N-dealkylation sites (N-methyl/N-ethyl adjacent to an activating group) is 1. The molecule has 1 aliphatic rings. The highest BCUT2D eigenvalue weighted by Gasteiger charge is 2.20. The Hall–Kier alpha value is -4.12. The molecule has 1 aliphatic heterocycles. The molecule has 3 heterocycles. The molecule has 10 heteroatoms. The summed E-state index contributed by atoms with van der Waals surface area (Å²) in [4.78, 5) is 46.2. The van der Waals surface area contributed by atoms with Crippen LogP contribution in [0.4, 0.5) is 11.6 Å². The summed E-state index contributed by atoms with van der Waals surface area (Å²) >= 11 is 0. The molecule has 1 saturated heterocycles. The quantitative estimate of drug-likeness (QED) is 0.226. The largest absolute Gasteiger partial charge is 0.324 e. The summed E-state index contributed by atoms with van der Waals surface area (Å²) in [6.07, 6.45) is 6.26. The van der Waals surface area contributed by atoms with Gasteiger partial charge in [-0.15, -0.1) is 0 Å². The lowest BCUT2D eigenvalue weighted by Crippen LogP contribution is -2.45. The van der Waals surface area contributed by atoms with Crippen molar-refractivity contribution in [2.24, 2.45) is 0 Å². The van der Waals surface area contributed by atoms with Crippen molar-refractivity contribution in [2.45, 2.75) is 52.6 Å². The number of piperazine rings is 1. The van der Waals surface area contributed by atoms with Crippen molar-refractivity contribution in [3.63, 3.8) is 0 Å². The second kappa shape index (κ2) is 14.6. The maximum atomic E-state index is 13.5. The Labute approximate surface area is 259 Å². The highest BCUT2D eigenvalue weighted by Crippen LogP contribution is 2.21. The molecular formula is C34H43N7O3. The molecule has 0 radical (unpaired) electrons. The number of fused-ring (bicyclic) bond motifs is 1. The molecule has 44 heavy (non-hydrogen) atoms. The number of carbonyl (C=O) groups excluding carboxylic acids is 1. The van der Waals surface area contributed by atoms with E-state index in [9.17, 15) is 9.59 Å². The second-order valence-corrected chi connectivity index (χ2v) is 11.4. The number of aryl methyl sites for hydroxylation is 1. The molecule has 0 unspecified atom stereocenters. The Kier molecular flexibility index (Phi) is 10.4. The van der Waals surface area contributed by atoms with Gasteiger partial charge in [-0.05, 0) is 68.1 Å². The summed E-state index contributed by atoms with van der Waals surface area (Å²) in [6, 6.07) is 16.3. The number of benzene rings is 2. The fourth-order valence-corrected chi connectivity index (χ4v) is 5.31. The van der Waals surface area contributed by atoms with Gasteiger partial charge in [-0.2, -0.15) is 4.98 Å². The van der Waals surface area contributed by atoms with Crippen molar-refractivity contribution in [3.8, 4) is 5.69 Å². The molecule has 0 atom stereocenters. The number of anilines is 2. The molecule has 232 valence electrons. The molecule has 0 bridgehead atoms. The Morgan fingerprint density at radius 1 is 0.955 bits per heavy atom. The number of hydroxylamine groups is 1. The summed E-state index contributed by atoms with van der Waals surface area (Å²) in [5.41, 5.74) is 6.46. The SMILES string of the molecule is CCc1ccc(-n2cc(C(=O)NOC(CC)CC)c(=O)c3cnc(Nc4ccc(CCN5CCN(C)CC5)cc4)nc32)cc1. The van der Waals surface area contributed by atoms with E-state index in [1.54, 1.807) is 4.57 Å². The van der Waals surface area contributed by atoms with E-state index in [0.29, 0.717) is 11.6 Å². The van der Waals surface area contributed by atoms with E-state index < -0.39 is 11.3 Å². The van der Waals surface area contributed by atoms with Gasteiger partial charge in [-0.1, -0.05) is 45.0 Å². The Balaban J connectivity index is 1.40. The zero-order chi connectivity index (χ0) is 31.1. The molecule has 0 saturated carbocycles. The van der Waals surface area contributed by atoms with Crippen LogP contribution in [0.15, 0.2) is 65.7 Å². The van der Waals surface area contributed by atoms with Gasteiger partial charge in [0.1, 0.15) is 5.56 Å². The van der Waals surface area contributed by atoms with Gasteiger partial charge in [0.15, 0.2) is 5.65 Å². The summed E-state index contributed by atoms with van der Waals surface area (Å²) in [5, 5.41) is 3.52. The molecular weight excluding hydrogens is 554 g/mol. The van der Waals surface area contributed by atoms with Gasteiger partial charge in [0.2, 0.25) is 11.4 Å². The van der Waals surface area contributed by atoms with Gasteiger partial charge in [0.25, 0.3) is 5.91 Å². The topological polar surface area (TPSA) is 105 Å². The number of nitrogens with one attached hydrogen (secondary N) is 2. The van der Waals surface area contributed by atoms with Crippen molar-refractivity contribution >= 4 is 28.6 Å². The monoisotopic (exact) mass is 597 g/mol. The average molecular weight is 598 g/mol. The Morgan fingerprint density at radius 3 is 2.30 bits per heavy atom. The first-order chi connectivity index (χ1) is 21.4. The maximum Gasteiger partial charge on any atom is 0.280 e. The summed E-state index contributed by atoms with van der Waals surface area (Å²) < 4.78 is 1.76. The number of rotatable bonds is 12. The van der Waals surface area contributed by atoms with E-state index in [2.05, 4.69) is 51.7 Å². The highest BCUT2D eigenvalue weighted by atomic mass is 16.7. The normalized spacial score (nSPS) is 14.3. The third kappa shape index (κ3) is 7.50.